The molecule has 0 unspecified atom stereocenters. The van der Waals surface area contributed by atoms with E-state index in [4.69, 9.17) is 22.1 Å². The highest BCUT2D eigenvalue weighted by molar-refractivity contribution is 6.32. The van der Waals surface area contributed by atoms with Crippen LogP contribution in [0.4, 0.5) is 5.69 Å². The highest BCUT2D eigenvalue weighted by Gasteiger charge is 2.12. The number of amides is 2. The predicted octanol–water partition coefficient (Wildman–Crippen LogP) is 3.37. The minimum Gasteiger partial charge on any atom is -0.482 e. The number of nitrogens with two attached hydrogens (primary N) is 1. The van der Waals surface area contributed by atoms with Crippen molar-refractivity contribution >= 4 is 35.2 Å². The molecule has 0 fully saturated rings. The average Bonchev–Trinajstić information content (AvgIpc) is 2.62. The lowest BCUT2D eigenvalue weighted by molar-refractivity contribution is -0.120. The second kappa shape index (κ2) is 8.88. The Hall–Kier alpha value is -3.30. The molecule has 0 heterocycles. The van der Waals surface area contributed by atoms with E-state index >= 15 is 0 Å². The Labute approximate surface area is 162 Å². The summed E-state index contributed by atoms with van der Waals surface area (Å²) in [4.78, 5) is 23.2. The first-order valence-electron chi connectivity index (χ1n) is 8.02. The van der Waals surface area contributed by atoms with Crippen LogP contribution in [0, 0.1) is 25.2 Å². The molecule has 2 aromatic rings. The number of anilines is 1. The highest BCUT2D eigenvalue weighted by atomic mass is 35.5. The van der Waals surface area contributed by atoms with Gasteiger partial charge in [-0.25, -0.2) is 0 Å². The first-order valence-corrected chi connectivity index (χ1v) is 8.39. The number of carbonyl (C=O) groups excluding carboxylic acids is 2. The molecule has 138 valence electrons. The van der Waals surface area contributed by atoms with Crippen molar-refractivity contribution in [3.05, 3.63) is 63.7 Å². The summed E-state index contributed by atoms with van der Waals surface area (Å²) in [5.41, 5.74) is 8.11. The van der Waals surface area contributed by atoms with Gasteiger partial charge in [0.2, 0.25) is 0 Å². The molecule has 0 bridgehead atoms. The summed E-state index contributed by atoms with van der Waals surface area (Å²) in [6.07, 6.45) is 1.42. The molecule has 0 aliphatic rings. The molecule has 0 aliphatic heterocycles. The van der Waals surface area contributed by atoms with E-state index in [1.165, 1.54) is 18.2 Å². The van der Waals surface area contributed by atoms with Crippen LogP contribution in [0.2, 0.25) is 5.02 Å². The third-order valence-corrected chi connectivity index (χ3v) is 4.15. The molecule has 0 radical (unpaired) electrons. The number of nitrogens with one attached hydrogen (secondary N) is 1. The summed E-state index contributed by atoms with van der Waals surface area (Å²) in [6.45, 7) is 3.54. The zero-order chi connectivity index (χ0) is 20.0. The van der Waals surface area contributed by atoms with Crippen LogP contribution in [0.15, 0.2) is 42.0 Å². The van der Waals surface area contributed by atoms with Gasteiger partial charge in [0, 0.05) is 5.69 Å². The number of primary amides is 1. The number of nitriles is 1. The van der Waals surface area contributed by atoms with Crippen LogP contribution in [0.3, 0.4) is 0 Å². The van der Waals surface area contributed by atoms with Crippen molar-refractivity contribution in [3.63, 3.8) is 0 Å². The lowest BCUT2D eigenvalue weighted by Crippen LogP contribution is -2.20. The van der Waals surface area contributed by atoms with Crippen LogP contribution in [0.5, 0.6) is 5.75 Å². The van der Waals surface area contributed by atoms with Crippen LogP contribution < -0.4 is 15.8 Å². The van der Waals surface area contributed by atoms with Gasteiger partial charge >= 0.3 is 0 Å². The smallest absolute Gasteiger partial charge is 0.266 e. The summed E-state index contributed by atoms with van der Waals surface area (Å²) in [5, 5.41) is 12.3. The first-order chi connectivity index (χ1) is 12.8. The standard InChI is InChI=1S/C20H18ClN3O3/c1-12-4-3-5-17(13(12)2)24-20(26)15(10-22)8-14-6-7-18(16(21)9-14)27-11-19(23)25/h3-9H,11H2,1-2H3,(H2,23,25)(H,24,26)/b15-8+. The maximum Gasteiger partial charge on any atom is 0.266 e. The van der Waals surface area contributed by atoms with Gasteiger partial charge in [0.05, 0.1) is 5.02 Å². The third kappa shape index (κ3) is 5.33. The second-order valence-electron chi connectivity index (χ2n) is 5.82. The SMILES string of the molecule is Cc1cccc(NC(=O)/C(C#N)=C/c2ccc(OCC(N)=O)c(Cl)c2)c1C. The minimum absolute atomic E-state index is 0.0715. The van der Waals surface area contributed by atoms with Crippen LogP contribution in [-0.2, 0) is 9.59 Å². The monoisotopic (exact) mass is 383 g/mol. The Balaban J connectivity index is 2.21. The van der Waals surface area contributed by atoms with E-state index in [1.54, 1.807) is 12.1 Å². The fraction of sp³-hybridized carbons (Fsp3) is 0.150. The number of nitrogens with zero attached hydrogens (tertiary/aromatic N) is 1. The Morgan fingerprint density at radius 1 is 1.30 bits per heavy atom. The number of rotatable bonds is 6. The Morgan fingerprint density at radius 2 is 2.04 bits per heavy atom. The molecule has 0 saturated carbocycles. The lowest BCUT2D eigenvalue weighted by Gasteiger charge is -2.10. The zero-order valence-electron chi connectivity index (χ0n) is 14.9. The Bertz CT molecular complexity index is 961. The molecule has 0 aliphatic carbocycles. The van der Waals surface area contributed by atoms with Crippen molar-refractivity contribution in [2.24, 2.45) is 5.73 Å². The molecule has 6 nitrogen and oxygen atoms in total. The van der Waals surface area contributed by atoms with Gasteiger partial charge in [-0.05, 0) is 54.8 Å². The zero-order valence-corrected chi connectivity index (χ0v) is 15.6. The van der Waals surface area contributed by atoms with Crippen molar-refractivity contribution in [1.29, 1.82) is 5.26 Å². The van der Waals surface area contributed by atoms with E-state index in [-0.39, 0.29) is 23.0 Å². The number of hydrogen-bond donors (Lipinski definition) is 2. The van der Waals surface area contributed by atoms with Crippen LogP contribution in [-0.4, -0.2) is 18.4 Å². The fourth-order valence-electron chi connectivity index (χ4n) is 2.26. The highest BCUT2D eigenvalue weighted by Crippen LogP contribution is 2.26. The quantitative estimate of drug-likeness (QED) is 0.589. The number of aryl methyl sites for hydroxylation is 1. The first kappa shape index (κ1) is 20.0. The van der Waals surface area contributed by atoms with Crippen LogP contribution >= 0.6 is 11.6 Å². The molecule has 27 heavy (non-hydrogen) atoms. The lowest BCUT2D eigenvalue weighted by atomic mass is 10.1. The van der Waals surface area contributed by atoms with Gasteiger partial charge in [0.1, 0.15) is 17.4 Å². The van der Waals surface area contributed by atoms with Gasteiger partial charge < -0.3 is 15.8 Å². The topological polar surface area (TPSA) is 105 Å². The molecule has 7 heteroatoms. The predicted molar refractivity (Wildman–Crippen MR) is 104 cm³/mol. The van der Waals surface area contributed by atoms with Gasteiger partial charge in [0.25, 0.3) is 11.8 Å². The van der Waals surface area contributed by atoms with E-state index in [0.29, 0.717) is 11.3 Å². The largest absolute Gasteiger partial charge is 0.482 e. The van der Waals surface area contributed by atoms with E-state index in [9.17, 15) is 14.9 Å². The Kier molecular flexibility index (Phi) is 6.58. The van der Waals surface area contributed by atoms with Crippen molar-refractivity contribution in [3.8, 4) is 11.8 Å². The molecule has 2 amide bonds. The average molecular weight is 384 g/mol. The number of hydrogen-bond acceptors (Lipinski definition) is 4. The molecular formula is C20H18ClN3O3. The summed E-state index contributed by atoms with van der Waals surface area (Å²) in [6, 6.07) is 12.1. The van der Waals surface area contributed by atoms with Gasteiger partial charge in [0.15, 0.2) is 6.61 Å². The normalized spacial score (nSPS) is 10.8. The van der Waals surface area contributed by atoms with E-state index in [1.807, 2.05) is 32.0 Å². The Morgan fingerprint density at radius 3 is 2.67 bits per heavy atom. The third-order valence-electron chi connectivity index (χ3n) is 3.85. The summed E-state index contributed by atoms with van der Waals surface area (Å²) in [5.74, 6) is -0.854. The van der Waals surface area contributed by atoms with Gasteiger partial charge in [-0.15, -0.1) is 0 Å². The number of ether oxygens (including phenoxy) is 1. The molecule has 3 N–H and O–H groups in total. The summed E-state index contributed by atoms with van der Waals surface area (Å²) < 4.78 is 5.16. The molecule has 0 atom stereocenters. The van der Waals surface area contributed by atoms with Crippen LogP contribution in [0.1, 0.15) is 16.7 Å². The number of carbonyl (C=O) groups is 2. The molecule has 0 saturated heterocycles. The van der Waals surface area contributed by atoms with Crippen LogP contribution in [0.25, 0.3) is 6.08 Å². The second-order valence-corrected chi connectivity index (χ2v) is 6.22. The maximum absolute atomic E-state index is 12.4. The maximum atomic E-state index is 12.4. The van der Waals surface area contributed by atoms with Crippen molar-refractivity contribution in [2.45, 2.75) is 13.8 Å². The fourth-order valence-corrected chi connectivity index (χ4v) is 2.51. The van der Waals surface area contributed by atoms with Gasteiger partial charge in [-0.3, -0.25) is 9.59 Å². The van der Waals surface area contributed by atoms with Crippen molar-refractivity contribution in [2.75, 3.05) is 11.9 Å². The molecule has 0 aromatic heterocycles. The van der Waals surface area contributed by atoms with Gasteiger partial charge in [-0.2, -0.15) is 5.26 Å². The molecule has 2 aromatic carbocycles. The van der Waals surface area contributed by atoms with Crippen molar-refractivity contribution < 1.29 is 14.3 Å². The minimum atomic E-state index is -0.620. The molecule has 2 rings (SSSR count). The van der Waals surface area contributed by atoms with E-state index < -0.39 is 11.8 Å². The molecular weight excluding hydrogens is 366 g/mol. The van der Waals surface area contributed by atoms with E-state index in [2.05, 4.69) is 5.32 Å². The summed E-state index contributed by atoms with van der Waals surface area (Å²) in [7, 11) is 0. The molecule has 0 spiro atoms. The summed E-state index contributed by atoms with van der Waals surface area (Å²) >= 11 is 6.10. The van der Waals surface area contributed by atoms with E-state index in [0.717, 1.165) is 11.1 Å². The number of benzene rings is 2. The van der Waals surface area contributed by atoms with Crippen molar-refractivity contribution in [1.82, 2.24) is 0 Å². The number of halogens is 1. The van der Waals surface area contributed by atoms with Gasteiger partial charge in [-0.1, -0.05) is 29.8 Å².